The molecule has 6 nitrogen and oxygen atoms in total. The van der Waals surface area contributed by atoms with Crippen LogP contribution in [0.5, 0.6) is 0 Å². The zero-order chi connectivity index (χ0) is 15.8. The molecule has 3 heterocycles. The molecule has 2 saturated heterocycles. The van der Waals surface area contributed by atoms with E-state index in [0.717, 1.165) is 0 Å². The van der Waals surface area contributed by atoms with Crippen LogP contribution in [-0.2, 0) is 14.6 Å². The fourth-order valence-corrected chi connectivity index (χ4v) is 5.17. The average molecular weight is 345 g/mol. The molecule has 2 unspecified atom stereocenters. The van der Waals surface area contributed by atoms with Crippen LogP contribution in [0.1, 0.15) is 29.8 Å². The molecular formula is C14H17ClN2O4S. The monoisotopic (exact) mass is 344 g/mol. The minimum Gasteiger partial charge on any atom is -0.374 e. The predicted molar refractivity (Wildman–Crippen MR) is 81.7 cm³/mol. The lowest BCUT2D eigenvalue weighted by atomic mass is 9.90. The zero-order valence-corrected chi connectivity index (χ0v) is 13.5. The third kappa shape index (κ3) is 3.42. The number of ether oxygens (including phenoxy) is 1. The summed E-state index contributed by atoms with van der Waals surface area (Å²) in [6.45, 7) is 0.453. The summed E-state index contributed by atoms with van der Waals surface area (Å²) in [5.41, 5.74) is -0.341. The smallest absolute Gasteiger partial charge is 0.270 e. The van der Waals surface area contributed by atoms with E-state index in [1.807, 2.05) is 0 Å². The van der Waals surface area contributed by atoms with Crippen LogP contribution in [0.3, 0.4) is 0 Å². The van der Waals surface area contributed by atoms with Crippen LogP contribution >= 0.6 is 11.6 Å². The number of nitrogens with zero attached hydrogens (tertiary/aromatic N) is 1. The van der Waals surface area contributed by atoms with Gasteiger partial charge in [-0.2, -0.15) is 0 Å². The predicted octanol–water partition coefficient (Wildman–Crippen LogP) is 1.20. The second-order valence-electron chi connectivity index (χ2n) is 5.90. The van der Waals surface area contributed by atoms with Crippen LogP contribution < -0.4 is 5.32 Å². The van der Waals surface area contributed by atoms with Gasteiger partial charge in [-0.05, 0) is 31.4 Å². The van der Waals surface area contributed by atoms with Crippen LogP contribution in [0.15, 0.2) is 18.3 Å². The van der Waals surface area contributed by atoms with Crippen molar-refractivity contribution in [3.05, 3.63) is 29.0 Å². The Balaban J connectivity index is 1.66. The number of amides is 1. The summed E-state index contributed by atoms with van der Waals surface area (Å²) in [6.07, 6.45) is 3.11. The fraction of sp³-hybridized carbons (Fsp3) is 0.571. The van der Waals surface area contributed by atoms with Gasteiger partial charge in [-0.1, -0.05) is 11.6 Å². The number of hydrogen-bond donors (Lipinski definition) is 1. The van der Waals surface area contributed by atoms with Gasteiger partial charge in [-0.25, -0.2) is 13.4 Å². The van der Waals surface area contributed by atoms with Gasteiger partial charge in [0.25, 0.3) is 5.91 Å². The maximum Gasteiger partial charge on any atom is 0.270 e. The van der Waals surface area contributed by atoms with E-state index in [0.29, 0.717) is 36.6 Å². The third-order valence-electron chi connectivity index (χ3n) is 4.14. The lowest BCUT2D eigenvalue weighted by Gasteiger charge is -2.37. The van der Waals surface area contributed by atoms with Gasteiger partial charge in [0.05, 0.1) is 22.1 Å². The second-order valence-corrected chi connectivity index (χ2v) is 8.52. The number of rotatable bonds is 2. The van der Waals surface area contributed by atoms with Gasteiger partial charge in [0.2, 0.25) is 0 Å². The van der Waals surface area contributed by atoms with E-state index in [1.54, 1.807) is 12.1 Å². The molecule has 0 aliphatic carbocycles. The van der Waals surface area contributed by atoms with Gasteiger partial charge in [0, 0.05) is 18.8 Å². The summed E-state index contributed by atoms with van der Waals surface area (Å²) in [5.74, 6) is -0.0719. The number of nitrogens with one attached hydrogen (secondary N) is 1. The van der Waals surface area contributed by atoms with E-state index in [1.165, 1.54) is 6.20 Å². The van der Waals surface area contributed by atoms with Crippen molar-refractivity contribution in [3.8, 4) is 0 Å². The highest BCUT2D eigenvalue weighted by atomic mass is 35.5. The summed E-state index contributed by atoms with van der Waals surface area (Å²) >= 11 is 5.75. The van der Waals surface area contributed by atoms with E-state index < -0.39 is 15.4 Å². The minimum atomic E-state index is -3.03. The second kappa shape index (κ2) is 5.79. The van der Waals surface area contributed by atoms with Crippen LogP contribution in [-0.4, -0.2) is 49.1 Å². The molecule has 1 aromatic rings. The Bertz CT molecular complexity index is 677. The molecule has 120 valence electrons. The van der Waals surface area contributed by atoms with Gasteiger partial charge >= 0.3 is 0 Å². The van der Waals surface area contributed by atoms with Crippen molar-refractivity contribution in [2.45, 2.75) is 30.9 Å². The Hall–Kier alpha value is -1.18. The molecular weight excluding hydrogens is 328 g/mol. The standard InChI is InChI=1S/C14H17ClN2O4S/c15-10-1-2-12(16-8-10)13(18)17-11-3-5-21-14(7-11)4-6-22(19,20)9-14/h1-2,8,11H,3-7,9H2,(H,17,18). The number of halogens is 1. The number of hydrogen-bond acceptors (Lipinski definition) is 5. The molecule has 0 bridgehead atoms. The van der Waals surface area contributed by atoms with Gasteiger partial charge < -0.3 is 10.1 Å². The third-order valence-corrected chi connectivity index (χ3v) is 6.16. The maximum atomic E-state index is 12.2. The molecule has 0 aromatic carbocycles. The lowest BCUT2D eigenvalue weighted by molar-refractivity contribution is -0.0691. The molecule has 0 saturated carbocycles. The Morgan fingerprint density at radius 1 is 1.45 bits per heavy atom. The van der Waals surface area contributed by atoms with E-state index in [-0.39, 0.29) is 23.5 Å². The topological polar surface area (TPSA) is 85.4 Å². The quantitative estimate of drug-likeness (QED) is 0.871. The first-order chi connectivity index (χ1) is 10.4. The molecule has 2 aliphatic rings. The van der Waals surface area contributed by atoms with Crippen molar-refractivity contribution in [1.29, 1.82) is 0 Å². The van der Waals surface area contributed by atoms with E-state index in [9.17, 15) is 13.2 Å². The SMILES string of the molecule is O=C(NC1CCOC2(CCS(=O)(=O)C2)C1)c1ccc(Cl)cn1. The molecule has 2 atom stereocenters. The summed E-state index contributed by atoms with van der Waals surface area (Å²) in [4.78, 5) is 16.2. The van der Waals surface area contributed by atoms with Crippen molar-refractivity contribution in [2.75, 3.05) is 18.1 Å². The van der Waals surface area contributed by atoms with Crippen LogP contribution in [0.2, 0.25) is 5.02 Å². The van der Waals surface area contributed by atoms with Gasteiger partial charge in [-0.15, -0.1) is 0 Å². The molecule has 0 radical (unpaired) electrons. The molecule has 22 heavy (non-hydrogen) atoms. The molecule has 8 heteroatoms. The first-order valence-electron chi connectivity index (χ1n) is 7.14. The number of aromatic nitrogens is 1. The first-order valence-corrected chi connectivity index (χ1v) is 9.34. The maximum absolute atomic E-state index is 12.2. The largest absolute Gasteiger partial charge is 0.374 e. The lowest BCUT2D eigenvalue weighted by Crippen LogP contribution is -2.49. The van der Waals surface area contributed by atoms with Crippen molar-refractivity contribution in [2.24, 2.45) is 0 Å². The van der Waals surface area contributed by atoms with E-state index in [4.69, 9.17) is 16.3 Å². The van der Waals surface area contributed by atoms with E-state index >= 15 is 0 Å². The fourth-order valence-electron chi connectivity index (χ4n) is 3.08. The van der Waals surface area contributed by atoms with Crippen molar-refractivity contribution < 1.29 is 17.9 Å². The number of carbonyl (C=O) groups excluding carboxylic acids is 1. The molecule has 1 N–H and O–H groups in total. The van der Waals surface area contributed by atoms with Crippen molar-refractivity contribution in [3.63, 3.8) is 0 Å². The Kier molecular flexibility index (Phi) is 4.13. The number of carbonyl (C=O) groups is 1. The first kappa shape index (κ1) is 15.7. The Morgan fingerprint density at radius 2 is 2.27 bits per heavy atom. The molecule has 1 aromatic heterocycles. The van der Waals surface area contributed by atoms with Gasteiger partial charge in [0.1, 0.15) is 5.69 Å². The van der Waals surface area contributed by atoms with Crippen molar-refractivity contribution >= 4 is 27.3 Å². The molecule has 2 aliphatic heterocycles. The Labute approximate surface area is 134 Å². The van der Waals surface area contributed by atoms with E-state index in [2.05, 4.69) is 10.3 Å². The summed E-state index contributed by atoms with van der Waals surface area (Å²) in [7, 11) is -3.03. The van der Waals surface area contributed by atoms with Crippen molar-refractivity contribution in [1.82, 2.24) is 10.3 Å². The Morgan fingerprint density at radius 3 is 2.91 bits per heavy atom. The summed E-state index contributed by atoms with van der Waals surface area (Å²) < 4.78 is 29.1. The molecule has 3 rings (SSSR count). The summed E-state index contributed by atoms with van der Waals surface area (Å²) in [6, 6.07) is 3.07. The number of pyridine rings is 1. The normalized spacial score (nSPS) is 30.3. The summed E-state index contributed by atoms with van der Waals surface area (Å²) in [5, 5.41) is 3.38. The zero-order valence-electron chi connectivity index (χ0n) is 11.9. The molecule has 1 spiro atoms. The highest BCUT2D eigenvalue weighted by Gasteiger charge is 2.46. The van der Waals surface area contributed by atoms with Gasteiger partial charge in [-0.3, -0.25) is 4.79 Å². The van der Waals surface area contributed by atoms with Crippen LogP contribution in [0, 0.1) is 0 Å². The minimum absolute atomic E-state index is 0.0472. The van der Waals surface area contributed by atoms with Crippen LogP contribution in [0.4, 0.5) is 0 Å². The molecule has 1 amide bonds. The number of sulfone groups is 1. The van der Waals surface area contributed by atoms with Gasteiger partial charge in [0.15, 0.2) is 9.84 Å². The highest BCUT2D eigenvalue weighted by molar-refractivity contribution is 7.91. The highest BCUT2D eigenvalue weighted by Crippen LogP contribution is 2.35. The average Bonchev–Trinajstić information content (AvgIpc) is 2.74. The van der Waals surface area contributed by atoms with Crippen LogP contribution in [0.25, 0.3) is 0 Å². The molecule has 2 fully saturated rings.